The number of nitrogens with one attached hydrogen (secondary N) is 1. The molecule has 2 aromatic heterocycles. The highest BCUT2D eigenvalue weighted by Gasteiger charge is 2.26. The third-order valence-corrected chi connectivity index (χ3v) is 4.71. The van der Waals surface area contributed by atoms with Gasteiger partial charge in [-0.2, -0.15) is 16.3 Å². The summed E-state index contributed by atoms with van der Waals surface area (Å²) in [6, 6.07) is 10.5. The number of aromatic nitrogens is 2. The van der Waals surface area contributed by atoms with Crippen molar-refractivity contribution in [3.63, 3.8) is 0 Å². The van der Waals surface area contributed by atoms with E-state index in [1.807, 2.05) is 61.0 Å². The molecule has 2 heterocycles. The van der Waals surface area contributed by atoms with E-state index in [4.69, 9.17) is 9.26 Å². The molecular formula is C20H21N3O4S. The van der Waals surface area contributed by atoms with Gasteiger partial charge in [0.2, 0.25) is 11.7 Å². The molecule has 0 bridgehead atoms. The Hall–Kier alpha value is -3.00. The molecule has 0 aliphatic carbocycles. The second kappa shape index (κ2) is 9.27. The van der Waals surface area contributed by atoms with Gasteiger partial charge < -0.3 is 14.6 Å². The molecule has 1 N–H and O–H groups in total. The number of benzene rings is 1. The monoisotopic (exact) mass is 399 g/mol. The van der Waals surface area contributed by atoms with Crippen LogP contribution in [-0.2, 0) is 27.4 Å². The molecule has 0 aliphatic heterocycles. The molecule has 1 amide bonds. The van der Waals surface area contributed by atoms with Crippen LogP contribution in [-0.4, -0.2) is 28.1 Å². The smallest absolute Gasteiger partial charge is 0.329 e. The summed E-state index contributed by atoms with van der Waals surface area (Å²) in [6.07, 6.45) is 0.201. The normalized spacial score (nSPS) is 12.0. The molecule has 8 heteroatoms. The third-order valence-electron chi connectivity index (χ3n) is 4.02. The lowest BCUT2D eigenvalue weighted by Gasteiger charge is -2.20. The molecule has 1 aromatic carbocycles. The van der Waals surface area contributed by atoms with Gasteiger partial charge in [-0.15, -0.1) is 0 Å². The maximum absolute atomic E-state index is 12.5. The molecule has 0 saturated heterocycles. The van der Waals surface area contributed by atoms with Crippen molar-refractivity contribution in [3.05, 3.63) is 58.5 Å². The summed E-state index contributed by atoms with van der Waals surface area (Å²) in [5.74, 6) is -0.241. The molecule has 1 atom stereocenters. The summed E-state index contributed by atoms with van der Waals surface area (Å²) in [4.78, 5) is 29.0. The Morgan fingerprint density at radius 2 is 2.00 bits per heavy atom. The number of carbonyl (C=O) groups is 2. The highest BCUT2D eigenvalue weighted by atomic mass is 32.1. The van der Waals surface area contributed by atoms with Crippen LogP contribution in [0, 0.1) is 5.92 Å². The Morgan fingerprint density at radius 3 is 2.68 bits per heavy atom. The largest absolute Gasteiger partial charge is 0.456 e. The SMILES string of the molecule is CC(C)[C@H](NC(=O)Cc1ccccc1)C(=O)OCc1noc(-c2ccsc2)n1. The number of hydrogen-bond acceptors (Lipinski definition) is 7. The third kappa shape index (κ3) is 5.26. The molecule has 0 spiro atoms. The molecule has 3 rings (SSSR count). The van der Waals surface area contributed by atoms with Crippen molar-refractivity contribution in [1.82, 2.24) is 15.5 Å². The van der Waals surface area contributed by atoms with Crippen molar-refractivity contribution in [3.8, 4) is 11.5 Å². The van der Waals surface area contributed by atoms with E-state index < -0.39 is 12.0 Å². The number of thiophene rings is 1. The molecule has 0 unspecified atom stereocenters. The molecular weight excluding hydrogens is 378 g/mol. The first kappa shape index (κ1) is 19.8. The van der Waals surface area contributed by atoms with Gasteiger partial charge in [0, 0.05) is 5.38 Å². The average Bonchev–Trinajstić information content (AvgIpc) is 3.36. The van der Waals surface area contributed by atoms with Gasteiger partial charge >= 0.3 is 5.97 Å². The van der Waals surface area contributed by atoms with Gasteiger partial charge in [-0.3, -0.25) is 4.79 Å². The predicted octanol–water partition coefficient (Wildman–Crippen LogP) is 3.22. The van der Waals surface area contributed by atoms with Gasteiger partial charge in [-0.05, 0) is 22.9 Å². The Bertz CT molecular complexity index is 907. The van der Waals surface area contributed by atoms with Crippen molar-refractivity contribution in [2.45, 2.75) is 32.9 Å². The number of hydrogen-bond donors (Lipinski definition) is 1. The fourth-order valence-electron chi connectivity index (χ4n) is 2.54. The highest BCUT2D eigenvalue weighted by Crippen LogP contribution is 2.20. The Morgan fingerprint density at radius 1 is 1.21 bits per heavy atom. The predicted molar refractivity (Wildman–Crippen MR) is 104 cm³/mol. The first-order chi connectivity index (χ1) is 13.5. The van der Waals surface area contributed by atoms with Crippen LogP contribution in [0.5, 0.6) is 0 Å². The second-order valence-corrected chi connectivity index (χ2v) is 7.37. The number of esters is 1. The van der Waals surface area contributed by atoms with Crippen molar-refractivity contribution >= 4 is 23.2 Å². The van der Waals surface area contributed by atoms with Crippen LogP contribution >= 0.6 is 11.3 Å². The lowest BCUT2D eigenvalue weighted by molar-refractivity contribution is -0.150. The summed E-state index contributed by atoms with van der Waals surface area (Å²) in [6.45, 7) is 3.57. The zero-order chi connectivity index (χ0) is 19.9. The van der Waals surface area contributed by atoms with E-state index >= 15 is 0 Å². The van der Waals surface area contributed by atoms with Gasteiger partial charge in [0.25, 0.3) is 5.89 Å². The van der Waals surface area contributed by atoms with E-state index in [1.165, 1.54) is 11.3 Å². The lowest BCUT2D eigenvalue weighted by Crippen LogP contribution is -2.45. The molecule has 146 valence electrons. The van der Waals surface area contributed by atoms with Gasteiger partial charge in [0.15, 0.2) is 6.61 Å². The molecule has 0 saturated carbocycles. The molecule has 0 aliphatic rings. The highest BCUT2D eigenvalue weighted by molar-refractivity contribution is 7.08. The van der Waals surface area contributed by atoms with Gasteiger partial charge in [0.05, 0.1) is 12.0 Å². The fraction of sp³-hybridized carbons (Fsp3) is 0.300. The first-order valence-electron chi connectivity index (χ1n) is 8.88. The Balaban J connectivity index is 1.55. The number of ether oxygens (including phenoxy) is 1. The van der Waals surface area contributed by atoms with Crippen LogP contribution in [0.4, 0.5) is 0 Å². The van der Waals surface area contributed by atoms with Crippen LogP contribution in [0.2, 0.25) is 0 Å². The van der Waals surface area contributed by atoms with Crippen molar-refractivity contribution < 1.29 is 18.8 Å². The standard InChI is InChI=1S/C20H21N3O4S/c1-13(2)18(22-17(24)10-14-6-4-3-5-7-14)20(25)26-11-16-21-19(27-23-16)15-8-9-28-12-15/h3-9,12-13,18H,10-11H2,1-2H3,(H,22,24)/t18-/m0/s1. The molecule has 0 radical (unpaired) electrons. The van der Waals surface area contributed by atoms with Crippen LogP contribution in [0.25, 0.3) is 11.5 Å². The van der Waals surface area contributed by atoms with Crippen LogP contribution in [0.1, 0.15) is 25.2 Å². The van der Waals surface area contributed by atoms with Crippen molar-refractivity contribution in [2.75, 3.05) is 0 Å². The zero-order valence-electron chi connectivity index (χ0n) is 15.6. The number of nitrogens with zero attached hydrogens (tertiary/aromatic N) is 2. The average molecular weight is 399 g/mol. The number of amides is 1. The second-order valence-electron chi connectivity index (χ2n) is 6.59. The molecule has 0 fully saturated rings. The first-order valence-corrected chi connectivity index (χ1v) is 9.82. The lowest BCUT2D eigenvalue weighted by atomic mass is 10.0. The number of carbonyl (C=O) groups excluding carboxylic acids is 2. The van der Waals surface area contributed by atoms with E-state index in [1.54, 1.807) is 0 Å². The van der Waals surface area contributed by atoms with E-state index in [9.17, 15) is 9.59 Å². The minimum absolute atomic E-state index is 0.121. The van der Waals surface area contributed by atoms with Gasteiger partial charge in [-0.1, -0.05) is 49.3 Å². The van der Waals surface area contributed by atoms with Crippen molar-refractivity contribution in [1.29, 1.82) is 0 Å². The summed E-state index contributed by atoms with van der Waals surface area (Å²) in [5, 5.41) is 10.4. The minimum Gasteiger partial charge on any atom is -0.456 e. The summed E-state index contributed by atoms with van der Waals surface area (Å²) >= 11 is 1.52. The molecule has 7 nitrogen and oxygen atoms in total. The van der Waals surface area contributed by atoms with Crippen LogP contribution in [0.3, 0.4) is 0 Å². The van der Waals surface area contributed by atoms with E-state index in [2.05, 4.69) is 15.5 Å². The van der Waals surface area contributed by atoms with Gasteiger partial charge in [0.1, 0.15) is 6.04 Å². The van der Waals surface area contributed by atoms with E-state index in [0.29, 0.717) is 5.89 Å². The number of rotatable bonds is 8. The topological polar surface area (TPSA) is 94.3 Å². The summed E-state index contributed by atoms with van der Waals surface area (Å²) < 4.78 is 10.5. The molecule has 28 heavy (non-hydrogen) atoms. The van der Waals surface area contributed by atoms with Crippen molar-refractivity contribution in [2.24, 2.45) is 5.92 Å². The summed E-state index contributed by atoms with van der Waals surface area (Å²) in [7, 11) is 0. The minimum atomic E-state index is -0.751. The quantitative estimate of drug-likeness (QED) is 0.585. The van der Waals surface area contributed by atoms with Crippen LogP contribution in [0.15, 0.2) is 51.7 Å². The maximum atomic E-state index is 12.5. The fourth-order valence-corrected chi connectivity index (χ4v) is 3.17. The maximum Gasteiger partial charge on any atom is 0.329 e. The van der Waals surface area contributed by atoms with Gasteiger partial charge in [-0.25, -0.2) is 4.79 Å². The van der Waals surface area contributed by atoms with E-state index in [0.717, 1.165) is 11.1 Å². The zero-order valence-corrected chi connectivity index (χ0v) is 16.4. The van der Waals surface area contributed by atoms with Crippen LogP contribution < -0.4 is 5.32 Å². The Labute approximate surface area is 166 Å². The van der Waals surface area contributed by atoms with E-state index in [-0.39, 0.29) is 30.7 Å². The molecule has 3 aromatic rings. The summed E-state index contributed by atoms with van der Waals surface area (Å²) in [5.41, 5.74) is 1.70. The Kier molecular flexibility index (Phi) is 6.54.